The molecule has 1 amide bonds. The van der Waals surface area contributed by atoms with Crippen molar-refractivity contribution in [3.8, 4) is 0 Å². The van der Waals surface area contributed by atoms with E-state index in [1.165, 1.54) is 0 Å². The summed E-state index contributed by atoms with van der Waals surface area (Å²) in [7, 11) is 0. The summed E-state index contributed by atoms with van der Waals surface area (Å²) in [6.07, 6.45) is 2.32. The summed E-state index contributed by atoms with van der Waals surface area (Å²) < 4.78 is 0.580. The molecule has 18 heavy (non-hydrogen) atoms. The third kappa shape index (κ3) is 2.87. The van der Waals surface area contributed by atoms with Crippen LogP contribution in [-0.2, 0) is 4.79 Å². The van der Waals surface area contributed by atoms with Crippen molar-refractivity contribution in [2.24, 2.45) is 0 Å². The van der Waals surface area contributed by atoms with E-state index in [9.17, 15) is 9.59 Å². The van der Waals surface area contributed by atoms with Crippen molar-refractivity contribution >= 4 is 27.8 Å². The van der Waals surface area contributed by atoms with Gasteiger partial charge in [0.1, 0.15) is 10.3 Å². The van der Waals surface area contributed by atoms with Crippen LogP contribution in [0.5, 0.6) is 0 Å². The normalized spacial score (nSPS) is 16.7. The highest BCUT2D eigenvalue weighted by Gasteiger charge is 2.40. The van der Waals surface area contributed by atoms with Crippen LogP contribution in [0.4, 0.5) is 0 Å². The number of halogens is 1. The van der Waals surface area contributed by atoms with Gasteiger partial charge in [0.25, 0.3) is 5.91 Å². The second kappa shape index (κ2) is 5.06. The first-order valence-electron chi connectivity index (χ1n) is 5.68. The van der Waals surface area contributed by atoms with E-state index >= 15 is 0 Å². The Morgan fingerprint density at radius 1 is 1.44 bits per heavy atom. The Kier molecular flexibility index (Phi) is 3.65. The molecule has 1 aliphatic rings. The van der Waals surface area contributed by atoms with Crippen molar-refractivity contribution in [2.45, 2.75) is 31.2 Å². The molecule has 96 valence electrons. The van der Waals surface area contributed by atoms with E-state index in [1.807, 2.05) is 0 Å². The predicted octanol–water partition coefficient (Wildman–Crippen LogP) is 1.97. The first-order valence-corrected chi connectivity index (χ1v) is 6.47. The van der Waals surface area contributed by atoms with Gasteiger partial charge in [0.05, 0.1) is 12.0 Å². The molecule has 0 bridgehead atoms. The monoisotopic (exact) mass is 312 g/mol. The maximum Gasteiger partial charge on any atom is 0.305 e. The van der Waals surface area contributed by atoms with Gasteiger partial charge < -0.3 is 10.4 Å². The lowest BCUT2D eigenvalue weighted by Crippen LogP contribution is -2.54. The standard InChI is InChI=1S/C12H13BrN2O3/c13-9-4-1-3-8(14-9)11(18)15-12(5-2-6-12)7-10(16)17/h1,3-4H,2,5-7H2,(H,15,18)(H,16,17). The average Bonchev–Trinajstić information content (AvgIpc) is 2.25. The number of nitrogens with one attached hydrogen (secondary N) is 1. The SMILES string of the molecule is O=C(O)CC1(NC(=O)c2cccc(Br)n2)CCC1. The molecule has 6 heteroatoms. The molecule has 0 saturated heterocycles. The maximum atomic E-state index is 12.0. The first kappa shape index (κ1) is 13.0. The number of pyridine rings is 1. The molecule has 5 nitrogen and oxygen atoms in total. The number of hydrogen-bond donors (Lipinski definition) is 2. The number of hydrogen-bond acceptors (Lipinski definition) is 3. The molecule has 0 spiro atoms. The van der Waals surface area contributed by atoms with Gasteiger partial charge in [-0.3, -0.25) is 9.59 Å². The fourth-order valence-corrected chi connectivity index (χ4v) is 2.42. The summed E-state index contributed by atoms with van der Waals surface area (Å²) in [6, 6.07) is 5.05. The largest absolute Gasteiger partial charge is 0.481 e. The highest BCUT2D eigenvalue weighted by Crippen LogP contribution is 2.35. The molecule has 1 aliphatic carbocycles. The molecule has 1 aromatic heterocycles. The number of carbonyl (C=O) groups is 2. The summed E-state index contributed by atoms with van der Waals surface area (Å²) in [5, 5.41) is 11.7. The predicted molar refractivity (Wildman–Crippen MR) is 68.2 cm³/mol. The number of carboxylic acid groups (broad SMARTS) is 1. The molecule has 1 fully saturated rings. The minimum absolute atomic E-state index is 0.0350. The van der Waals surface area contributed by atoms with Crippen molar-refractivity contribution < 1.29 is 14.7 Å². The molecule has 2 rings (SSSR count). The Morgan fingerprint density at radius 2 is 2.17 bits per heavy atom. The zero-order valence-electron chi connectivity index (χ0n) is 9.65. The van der Waals surface area contributed by atoms with E-state index in [0.717, 1.165) is 6.42 Å². The van der Waals surface area contributed by atoms with Crippen LogP contribution in [0.15, 0.2) is 22.8 Å². The lowest BCUT2D eigenvalue weighted by Gasteiger charge is -2.41. The molecule has 1 heterocycles. The van der Waals surface area contributed by atoms with E-state index in [-0.39, 0.29) is 12.3 Å². The van der Waals surface area contributed by atoms with Crippen molar-refractivity contribution in [1.29, 1.82) is 0 Å². The maximum absolute atomic E-state index is 12.0. The molecule has 1 aromatic rings. The van der Waals surface area contributed by atoms with Gasteiger partial charge in [-0.15, -0.1) is 0 Å². The number of aromatic nitrogens is 1. The van der Waals surface area contributed by atoms with Gasteiger partial charge >= 0.3 is 5.97 Å². The summed E-state index contributed by atoms with van der Waals surface area (Å²) in [5.41, 5.74) is -0.298. The van der Waals surface area contributed by atoms with Crippen LogP contribution in [0.1, 0.15) is 36.2 Å². The van der Waals surface area contributed by atoms with Crippen LogP contribution in [-0.4, -0.2) is 27.5 Å². The summed E-state index contributed by atoms with van der Waals surface area (Å²) >= 11 is 3.20. The van der Waals surface area contributed by atoms with Crippen molar-refractivity contribution in [3.05, 3.63) is 28.5 Å². The van der Waals surface area contributed by atoms with Crippen LogP contribution in [0.25, 0.3) is 0 Å². The number of aliphatic carboxylic acids is 1. The van der Waals surface area contributed by atoms with Crippen LogP contribution in [0.3, 0.4) is 0 Å². The third-order valence-electron chi connectivity index (χ3n) is 3.13. The summed E-state index contributed by atoms with van der Waals surface area (Å²) in [6.45, 7) is 0. The lowest BCUT2D eigenvalue weighted by molar-refractivity contribution is -0.139. The van der Waals surface area contributed by atoms with E-state index in [4.69, 9.17) is 5.11 Å². The fourth-order valence-electron chi connectivity index (χ4n) is 2.08. The zero-order valence-corrected chi connectivity index (χ0v) is 11.2. The molecular formula is C12H13BrN2O3. The number of carboxylic acids is 1. The topological polar surface area (TPSA) is 79.3 Å². The van der Waals surface area contributed by atoms with Crippen molar-refractivity contribution in [2.75, 3.05) is 0 Å². The Labute approximate surface area is 113 Å². The smallest absolute Gasteiger partial charge is 0.305 e. The third-order valence-corrected chi connectivity index (χ3v) is 3.57. The Bertz CT molecular complexity index is 486. The molecule has 1 saturated carbocycles. The highest BCUT2D eigenvalue weighted by atomic mass is 79.9. The van der Waals surface area contributed by atoms with Gasteiger partial charge in [-0.2, -0.15) is 0 Å². The molecule has 0 aliphatic heterocycles. The number of nitrogens with zero attached hydrogens (tertiary/aromatic N) is 1. The molecule has 0 unspecified atom stereocenters. The second-order valence-corrected chi connectivity index (χ2v) is 5.32. The van der Waals surface area contributed by atoms with E-state index in [1.54, 1.807) is 18.2 Å². The van der Waals surface area contributed by atoms with Crippen molar-refractivity contribution in [3.63, 3.8) is 0 Å². The lowest BCUT2D eigenvalue weighted by atomic mass is 9.74. The van der Waals surface area contributed by atoms with Crippen LogP contribution >= 0.6 is 15.9 Å². The van der Waals surface area contributed by atoms with Gasteiger partial charge in [-0.05, 0) is 47.3 Å². The van der Waals surface area contributed by atoms with Gasteiger partial charge in [-0.1, -0.05) is 6.07 Å². The summed E-state index contributed by atoms with van der Waals surface area (Å²) in [5.74, 6) is -1.21. The molecule has 2 N–H and O–H groups in total. The average molecular weight is 313 g/mol. The van der Waals surface area contributed by atoms with Gasteiger partial charge in [0.2, 0.25) is 0 Å². The minimum atomic E-state index is -0.891. The van der Waals surface area contributed by atoms with Crippen LogP contribution in [0, 0.1) is 0 Å². The number of carbonyl (C=O) groups excluding carboxylic acids is 1. The van der Waals surface area contributed by atoms with Gasteiger partial charge in [0, 0.05) is 0 Å². The Morgan fingerprint density at radius 3 is 2.67 bits per heavy atom. The van der Waals surface area contributed by atoms with E-state index in [0.29, 0.717) is 23.1 Å². The molecule has 0 radical (unpaired) electrons. The Balaban J connectivity index is 2.08. The van der Waals surface area contributed by atoms with Gasteiger partial charge in [-0.25, -0.2) is 4.98 Å². The molecule has 0 atom stereocenters. The van der Waals surface area contributed by atoms with Gasteiger partial charge in [0.15, 0.2) is 0 Å². The fraction of sp³-hybridized carbons (Fsp3) is 0.417. The minimum Gasteiger partial charge on any atom is -0.481 e. The first-order chi connectivity index (χ1) is 8.51. The number of rotatable bonds is 4. The Hall–Kier alpha value is -1.43. The highest BCUT2D eigenvalue weighted by molar-refractivity contribution is 9.10. The zero-order chi connectivity index (χ0) is 13.2. The van der Waals surface area contributed by atoms with Crippen molar-refractivity contribution in [1.82, 2.24) is 10.3 Å². The summed E-state index contributed by atoms with van der Waals surface area (Å²) in [4.78, 5) is 26.9. The van der Waals surface area contributed by atoms with Crippen LogP contribution in [0.2, 0.25) is 0 Å². The molecule has 0 aromatic carbocycles. The number of amides is 1. The quantitative estimate of drug-likeness (QED) is 0.833. The second-order valence-electron chi connectivity index (χ2n) is 4.50. The van der Waals surface area contributed by atoms with Crippen LogP contribution < -0.4 is 5.32 Å². The van der Waals surface area contributed by atoms with E-state index < -0.39 is 11.5 Å². The van der Waals surface area contributed by atoms with E-state index in [2.05, 4.69) is 26.2 Å². The molecular weight excluding hydrogens is 300 g/mol.